The molecule has 0 aliphatic heterocycles. The molecular weight excluding hydrogens is 438 g/mol. The Bertz CT molecular complexity index is 904. The van der Waals surface area contributed by atoms with Crippen LogP contribution in [0.25, 0.3) is 11.0 Å². The third-order valence-electron chi connectivity index (χ3n) is 6.41. The first-order valence-corrected chi connectivity index (χ1v) is 13.8. The van der Waals surface area contributed by atoms with Gasteiger partial charge >= 0.3 is 5.97 Å². The Labute approximate surface area is 211 Å². The normalized spacial score (nSPS) is 11.5. The summed E-state index contributed by atoms with van der Waals surface area (Å²) in [6.45, 7) is 4.58. The number of carbonyl (C=O) groups is 2. The highest BCUT2D eigenvalue weighted by atomic mass is 16.5. The minimum absolute atomic E-state index is 0.0922. The lowest BCUT2D eigenvalue weighted by Crippen LogP contribution is -2.14. The van der Waals surface area contributed by atoms with Gasteiger partial charge in [-0.05, 0) is 45.1 Å². The number of hydrogen-bond acceptors (Lipinski definition) is 5. The van der Waals surface area contributed by atoms with Crippen LogP contribution in [-0.4, -0.2) is 33.0 Å². The number of allylic oxidation sites excluding steroid dienone is 2. The van der Waals surface area contributed by atoms with E-state index in [1.165, 1.54) is 87.9 Å². The van der Waals surface area contributed by atoms with Gasteiger partial charge in [0.2, 0.25) is 5.91 Å². The van der Waals surface area contributed by atoms with E-state index in [-0.39, 0.29) is 24.7 Å². The molecule has 194 valence electrons. The fraction of sp³-hybridized carbons (Fsp3) is 0.655. The molecule has 2 aromatic heterocycles. The number of fused-ring (bicyclic) bond motifs is 1. The van der Waals surface area contributed by atoms with Gasteiger partial charge in [0.25, 0.3) is 0 Å². The Kier molecular flexibility index (Phi) is 14.7. The van der Waals surface area contributed by atoms with E-state index in [4.69, 9.17) is 4.74 Å². The monoisotopic (exact) mass is 483 g/mol. The van der Waals surface area contributed by atoms with Gasteiger partial charge in [-0.25, -0.2) is 9.97 Å². The van der Waals surface area contributed by atoms with Crippen molar-refractivity contribution in [2.24, 2.45) is 0 Å². The lowest BCUT2D eigenvalue weighted by atomic mass is 10.1. The number of esters is 1. The summed E-state index contributed by atoms with van der Waals surface area (Å²) >= 11 is 0. The molecule has 0 amide bonds. The van der Waals surface area contributed by atoms with Crippen molar-refractivity contribution in [1.82, 2.24) is 14.5 Å². The molecule has 0 aliphatic rings. The van der Waals surface area contributed by atoms with Gasteiger partial charge in [-0.3, -0.25) is 14.2 Å². The third-order valence-corrected chi connectivity index (χ3v) is 6.41. The van der Waals surface area contributed by atoms with Crippen LogP contribution in [0, 0.1) is 6.92 Å². The maximum Gasteiger partial charge on any atom is 0.306 e. The van der Waals surface area contributed by atoms with Crippen LogP contribution in [0.15, 0.2) is 30.7 Å². The first-order chi connectivity index (χ1) is 17.1. The van der Waals surface area contributed by atoms with Gasteiger partial charge in [-0.15, -0.1) is 0 Å². The summed E-state index contributed by atoms with van der Waals surface area (Å²) in [6, 6.07) is 1.83. The van der Waals surface area contributed by atoms with Crippen molar-refractivity contribution in [3.05, 3.63) is 36.4 Å². The van der Waals surface area contributed by atoms with Gasteiger partial charge in [0.1, 0.15) is 12.0 Å². The second-order valence-corrected chi connectivity index (χ2v) is 9.43. The molecule has 0 saturated heterocycles. The number of aromatic nitrogens is 3. The van der Waals surface area contributed by atoms with Crippen molar-refractivity contribution < 1.29 is 14.3 Å². The molecule has 0 radical (unpaired) electrons. The summed E-state index contributed by atoms with van der Waals surface area (Å²) in [5, 5.41) is 0.850. The molecular formula is C29H45N3O3. The van der Waals surface area contributed by atoms with E-state index in [0.29, 0.717) is 12.3 Å². The molecule has 6 heteroatoms. The molecule has 0 aliphatic carbocycles. The average Bonchev–Trinajstić information content (AvgIpc) is 3.30. The van der Waals surface area contributed by atoms with Crippen molar-refractivity contribution in [2.75, 3.05) is 6.61 Å². The molecule has 0 atom stereocenters. The molecule has 0 aromatic carbocycles. The van der Waals surface area contributed by atoms with Crippen molar-refractivity contribution in [2.45, 2.75) is 117 Å². The summed E-state index contributed by atoms with van der Waals surface area (Å²) in [6.07, 6.45) is 25.6. The molecule has 2 heterocycles. The molecule has 6 nitrogen and oxygen atoms in total. The van der Waals surface area contributed by atoms with Gasteiger partial charge in [0.05, 0.1) is 18.7 Å². The fourth-order valence-corrected chi connectivity index (χ4v) is 4.22. The largest absolute Gasteiger partial charge is 0.466 e. The van der Waals surface area contributed by atoms with E-state index >= 15 is 0 Å². The second-order valence-electron chi connectivity index (χ2n) is 9.43. The summed E-state index contributed by atoms with van der Waals surface area (Å²) in [4.78, 5) is 32.8. The first-order valence-electron chi connectivity index (χ1n) is 13.8. The van der Waals surface area contributed by atoms with E-state index in [2.05, 4.69) is 29.0 Å². The van der Waals surface area contributed by atoms with E-state index in [0.717, 1.165) is 23.9 Å². The molecule has 0 spiro atoms. The number of unbranched alkanes of at least 4 members (excludes halogenated alkanes) is 12. The zero-order valence-corrected chi connectivity index (χ0v) is 22.0. The van der Waals surface area contributed by atoms with Gasteiger partial charge < -0.3 is 4.74 Å². The number of carbonyl (C=O) groups excluding carboxylic acids is 2. The first kappa shape index (κ1) is 28.7. The molecule has 2 rings (SSSR count). The Morgan fingerprint density at radius 3 is 2.17 bits per heavy atom. The van der Waals surface area contributed by atoms with Crippen LogP contribution in [0.1, 0.15) is 120 Å². The van der Waals surface area contributed by atoms with Crippen LogP contribution >= 0.6 is 0 Å². The van der Waals surface area contributed by atoms with Crippen molar-refractivity contribution in [1.29, 1.82) is 0 Å². The SMILES string of the molecule is CCCCCCCC/C=C\CCCCCCCCOC(=O)CCC(=O)n1ccc2c(C)ncnc21. The van der Waals surface area contributed by atoms with Crippen LogP contribution in [0.3, 0.4) is 0 Å². The molecule has 2 aromatic rings. The highest BCUT2D eigenvalue weighted by molar-refractivity contribution is 5.92. The number of ether oxygens (including phenoxy) is 1. The second kappa shape index (κ2) is 17.9. The molecule has 0 unspecified atom stereocenters. The van der Waals surface area contributed by atoms with Crippen LogP contribution in [0.5, 0.6) is 0 Å². The smallest absolute Gasteiger partial charge is 0.306 e. The maximum absolute atomic E-state index is 12.5. The Morgan fingerprint density at radius 1 is 0.857 bits per heavy atom. The van der Waals surface area contributed by atoms with Crippen molar-refractivity contribution >= 4 is 22.9 Å². The molecule has 0 fully saturated rings. The topological polar surface area (TPSA) is 74.1 Å². The summed E-state index contributed by atoms with van der Waals surface area (Å²) in [7, 11) is 0. The van der Waals surface area contributed by atoms with Gasteiger partial charge in [-0.2, -0.15) is 0 Å². The summed E-state index contributed by atoms with van der Waals surface area (Å²) in [5.74, 6) is -0.472. The number of aryl methyl sites for hydroxylation is 1. The highest BCUT2D eigenvalue weighted by Gasteiger charge is 2.14. The van der Waals surface area contributed by atoms with Gasteiger partial charge in [-0.1, -0.05) is 76.9 Å². The van der Waals surface area contributed by atoms with E-state index < -0.39 is 0 Å². The zero-order valence-electron chi connectivity index (χ0n) is 22.0. The van der Waals surface area contributed by atoms with Crippen LogP contribution in [-0.2, 0) is 9.53 Å². The third kappa shape index (κ3) is 11.7. The van der Waals surface area contributed by atoms with Crippen molar-refractivity contribution in [3.8, 4) is 0 Å². The van der Waals surface area contributed by atoms with Gasteiger partial charge in [0.15, 0.2) is 0 Å². The molecule has 0 saturated carbocycles. The molecule has 0 N–H and O–H groups in total. The quantitative estimate of drug-likeness (QED) is 0.116. The minimum Gasteiger partial charge on any atom is -0.466 e. The number of rotatable bonds is 19. The molecule has 35 heavy (non-hydrogen) atoms. The predicted octanol–water partition coefficient (Wildman–Crippen LogP) is 7.74. The fourth-order valence-electron chi connectivity index (χ4n) is 4.22. The number of hydrogen-bond donors (Lipinski definition) is 0. The summed E-state index contributed by atoms with van der Waals surface area (Å²) in [5.41, 5.74) is 1.41. The Hall–Kier alpha value is -2.50. The summed E-state index contributed by atoms with van der Waals surface area (Å²) < 4.78 is 6.79. The predicted molar refractivity (Wildman–Crippen MR) is 143 cm³/mol. The van der Waals surface area contributed by atoms with Gasteiger partial charge in [0, 0.05) is 18.0 Å². The molecule has 0 bridgehead atoms. The maximum atomic E-state index is 12.5. The van der Waals surface area contributed by atoms with Crippen LogP contribution in [0.2, 0.25) is 0 Å². The Morgan fingerprint density at radius 2 is 1.49 bits per heavy atom. The van der Waals surface area contributed by atoms with Crippen LogP contribution < -0.4 is 0 Å². The lowest BCUT2D eigenvalue weighted by Gasteiger charge is -2.06. The van der Waals surface area contributed by atoms with Crippen molar-refractivity contribution in [3.63, 3.8) is 0 Å². The Balaban J connectivity index is 1.41. The van der Waals surface area contributed by atoms with E-state index in [1.807, 2.05) is 13.0 Å². The standard InChI is InChI=1S/C29H45N3O3/c1-3-4-5-6-7-8-9-10-11-12-13-14-15-16-17-18-23-35-28(34)20-19-27(33)32-22-21-26-25(2)30-24-31-29(26)32/h10-11,21-22,24H,3-9,12-20,23H2,1-2H3/b11-10-. The minimum atomic E-state index is -0.312. The average molecular weight is 484 g/mol. The van der Waals surface area contributed by atoms with E-state index in [9.17, 15) is 9.59 Å². The lowest BCUT2D eigenvalue weighted by molar-refractivity contribution is -0.143. The van der Waals surface area contributed by atoms with Crippen LogP contribution in [0.4, 0.5) is 0 Å². The zero-order chi connectivity index (χ0) is 25.1. The number of nitrogens with zero attached hydrogens (tertiary/aromatic N) is 3. The highest BCUT2D eigenvalue weighted by Crippen LogP contribution is 2.16. The van der Waals surface area contributed by atoms with E-state index in [1.54, 1.807) is 6.20 Å².